The van der Waals surface area contributed by atoms with E-state index in [0.29, 0.717) is 32.2 Å². The summed E-state index contributed by atoms with van der Waals surface area (Å²) in [5.74, 6) is -0.892. The molecule has 3 amide bonds. The minimum atomic E-state index is -1.43. The quantitative estimate of drug-likeness (QED) is 0.335. The van der Waals surface area contributed by atoms with Gasteiger partial charge >= 0.3 is 6.09 Å². The number of nitrogens with two attached hydrogens (primary N) is 1. The fourth-order valence-corrected chi connectivity index (χ4v) is 2.07. The highest BCUT2D eigenvalue weighted by Gasteiger charge is 2.22. The summed E-state index contributed by atoms with van der Waals surface area (Å²) in [4.78, 5) is 32.9. The summed E-state index contributed by atoms with van der Waals surface area (Å²) < 4.78 is 5.05. The van der Waals surface area contributed by atoms with Gasteiger partial charge in [-0.1, -0.05) is 30.3 Å². The van der Waals surface area contributed by atoms with E-state index in [-0.39, 0.29) is 6.61 Å². The Morgan fingerprint density at radius 2 is 1.96 bits per heavy atom. The monoisotopic (exact) mass is 337 g/mol. The molecule has 1 aromatic carbocycles. The second kappa shape index (κ2) is 11.0. The molecule has 0 saturated heterocycles. The zero-order valence-corrected chi connectivity index (χ0v) is 13.3. The van der Waals surface area contributed by atoms with Crippen LogP contribution >= 0.6 is 0 Å². The summed E-state index contributed by atoms with van der Waals surface area (Å²) in [6, 6.07) is 8.59. The van der Waals surface area contributed by atoms with Crippen molar-refractivity contribution in [3.05, 3.63) is 35.9 Å². The minimum Gasteiger partial charge on any atom is -0.445 e. The van der Waals surface area contributed by atoms with Crippen LogP contribution in [-0.4, -0.2) is 42.2 Å². The molecule has 0 heterocycles. The van der Waals surface area contributed by atoms with Gasteiger partial charge in [0.2, 0.25) is 12.3 Å². The van der Waals surface area contributed by atoms with Crippen molar-refractivity contribution in [1.29, 1.82) is 0 Å². The summed E-state index contributed by atoms with van der Waals surface area (Å²) in [6.07, 6.45) is 0.00906. The van der Waals surface area contributed by atoms with Crippen LogP contribution in [0.25, 0.3) is 0 Å². The van der Waals surface area contributed by atoms with Crippen LogP contribution in [-0.2, 0) is 20.9 Å². The van der Waals surface area contributed by atoms with Gasteiger partial charge in [0.05, 0.1) is 6.04 Å². The summed E-state index contributed by atoms with van der Waals surface area (Å²) >= 11 is 0. The number of benzene rings is 1. The predicted molar refractivity (Wildman–Crippen MR) is 86.7 cm³/mol. The average Bonchev–Trinajstić information content (AvgIpc) is 2.59. The van der Waals surface area contributed by atoms with Crippen LogP contribution in [0.4, 0.5) is 4.79 Å². The Kier molecular flexibility index (Phi) is 8.91. The van der Waals surface area contributed by atoms with Crippen molar-refractivity contribution in [2.24, 2.45) is 5.73 Å². The molecule has 0 fully saturated rings. The Labute approximate surface area is 140 Å². The summed E-state index contributed by atoms with van der Waals surface area (Å²) in [6.45, 7) is 0.580. The van der Waals surface area contributed by atoms with Crippen LogP contribution in [0.2, 0.25) is 0 Å². The fraction of sp³-hybridized carbons (Fsp3) is 0.438. The third-order valence-corrected chi connectivity index (χ3v) is 3.38. The lowest BCUT2D eigenvalue weighted by molar-refractivity contribution is -0.128. The lowest BCUT2D eigenvalue weighted by Crippen LogP contribution is -2.46. The molecular weight excluding hydrogens is 314 g/mol. The SMILES string of the molecule is NC(=O)C(O)C(CCCCNC(=O)OCc1ccccc1)NC=O. The standard InChI is InChI=1S/C16H23N3O5/c17-15(22)14(21)13(19-11-20)8-4-5-9-18-16(23)24-10-12-6-2-1-3-7-12/h1-3,6-7,11,13-14,21H,4-5,8-10H2,(H2,17,22)(H,18,23)(H,19,20). The van der Waals surface area contributed by atoms with Crippen LogP contribution in [0.1, 0.15) is 24.8 Å². The number of amides is 3. The van der Waals surface area contributed by atoms with Crippen molar-refractivity contribution in [3.8, 4) is 0 Å². The maximum Gasteiger partial charge on any atom is 0.407 e. The van der Waals surface area contributed by atoms with Crippen molar-refractivity contribution in [3.63, 3.8) is 0 Å². The Balaban J connectivity index is 2.16. The molecule has 0 bridgehead atoms. The van der Waals surface area contributed by atoms with Gasteiger partial charge in [-0.3, -0.25) is 9.59 Å². The maximum absolute atomic E-state index is 11.5. The molecule has 5 N–H and O–H groups in total. The molecule has 24 heavy (non-hydrogen) atoms. The summed E-state index contributed by atoms with van der Waals surface area (Å²) in [7, 11) is 0. The molecule has 1 aromatic rings. The number of hydrogen-bond donors (Lipinski definition) is 4. The van der Waals surface area contributed by atoms with E-state index in [2.05, 4.69) is 10.6 Å². The first kappa shape index (κ1) is 19.4. The van der Waals surface area contributed by atoms with Crippen LogP contribution < -0.4 is 16.4 Å². The molecule has 0 aromatic heterocycles. The number of hydrogen-bond acceptors (Lipinski definition) is 5. The molecule has 132 valence electrons. The highest BCUT2D eigenvalue weighted by Crippen LogP contribution is 2.05. The molecule has 0 aliphatic heterocycles. The minimum absolute atomic E-state index is 0.197. The predicted octanol–water partition coefficient (Wildman–Crippen LogP) is 0.0439. The number of rotatable bonds is 11. The van der Waals surface area contributed by atoms with Crippen LogP contribution in [0.15, 0.2) is 30.3 Å². The van der Waals surface area contributed by atoms with Crippen molar-refractivity contribution in [1.82, 2.24) is 10.6 Å². The Morgan fingerprint density at radius 1 is 1.25 bits per heavy atom. The number of aliphatic hydroxyl groups excluding tert-OH is 1. The molecule has 8 nitrogen and oxygen atoms in total. The number of nitrogens with one attached hydrogen (secondary N) is 2. The molecule has 8 heteroatoms. The number of ether oxygens (including phenoxy) is 1. The molecule has 0 radical (unpaired) electrons. The van der Waals surface area contributed by atoms with Gasteiger partial charge in [0.25, 0.3) is 0 Å². The smallest absolute Gasteiger partial charge is 0.407 e. The van der Waals surface area contributed by atoms with Crippen LogP contribution in [0.3, 0.4) is 0 Å². The van der Waals surface area contributed by atoms with E-state index < -0.39 is 24.1 Å². The Morgan fingerprint density at radius 3 is 2.58 bits per heavy atom. The van der Waals surface area contributed by atoms with E-state index in [1.165, 1.54) is 0 Å². The molecule has 2 atom stereocenters. The number of aliphatic hydroxyl groups is 1. The first-order valence-electron chi connectivity index (χ1n) is 7.66. The van der Waals surface area contributed by atoms with E-state index in [1.54, 1.807) is 0 Å². The van der Waals surface area contributed by atoms with E-state index in [9.17, 15) is 19.5 Å². The van der Waals surface area contributed by atoms with Crippen molar-refractivity contribution < 1.29 is 24.2 Å². The number of unbranched alkanes of at least 4 members (excludes halogenated alkanes) is 1. The topological polar surface area (TPSA) is 131 Å². The highest BCUT2D eigenvalue weighted by molar-refractivity contribution is 5.79. The van der Waals surface area contributed by atoms with Crippen LogP contribution in [0, 0.1) is 0 Å². The van der Waals surface area contributed by atoms with Gasteiger partial charge < -0.3 is 26.2 Å². The average molecular weight is 337 g/mol. The van der Waals surface area contributed by atoms with Gasteiger partial charge in [-0.25, -0.2) is 4.79 Å². The zero-order chi connectivity index (χ0) is 17.8. The van der Waals surface area contributed by atoms with E-state index >= 15 is 0 Å². The second-order valence-corrected chi connectivity index (χ2v) is 5.22. The molecule has 1 rings (SSSR count). The first-order valence-corrected chi connectivity index (χ1v) is 7.66. The van der Waals surface area contributed by atoms with Gasteiger partial charge in [-0.15, -0.1) is 0 Å². The fourth-order valence-electron chi connectivity index (χ4n) is 2.07. The molecule has 0 spiro atoms. The van der Waals surface area contributed by atoms with Gasteiger partial charge in [-0.2, -0.15) is 0 Å². The lowest BCUT2D eigenvalue weighted by atomic mass is 10.0. The third-order valence-electron chi connectivity index (χ3n) is 3.38. The Hall–Kier alpha value is -2.61. The maximum atomic E-state index is 11.5. The number of alkyl carbamates (subject to hydrolysis) is 1. The van der Waals surface area contributed by atoms with E-state index in [4.69, 9.17) is 10.5 Å². The third kappa shape index (κ3) is 7.59. The second-order valence-electron chi connectivity index (χ2n) is 5.22. The highest BCUT2D eigenvalue weighted by atomic mass is 16.5. The zero-order valence-electron chi connectivity index (χ0n) is 13.3. The number of primary amides is 1. The van der Waals surface area contributed by atoms with E-state index in [1.807, 2.05) is 30.3 Å². The molecule has 2 unspecified atom stereocenters. The molecule has 0 saturated carbocycles. The van der Waals surface area contributed by atoms with Crippen LogP contribution in [0.5, 0.6) is 0 Å². The van der Waals surface area contributed by atoms with Crippen molar-refractivity contribution >= 4 is 18.4 Å². The van der Waals surface area contributed by atoms with Gasteiger partial charge in [-0.05, 0) is 24.8 Å². The normalized spacial score (nSPS) is 12.7. The summed E-state index contributed by atoms with van der Waals surface area (Å²) in [5.41, 5.74) is 5.90. The van der Waals surface area contributed by atoms with E-state index in [0.717, 1.165) is 5.56 Å². The van der Waals surface area contributed by atoms with Gasteiger partial charge in [0.1, 0.15) is 6.61 Å². The summed E-state index contributed by atoms with van der Waals surface area (Å²) in [5, 5.41) is 14.5. The largest absolute Gasteiger partial charge is 0.445 e. The molecule has 0 aliphatic carbocycles. The van der Waals surface area contributed by atoms with Crippen molar-refractivity contribution in [2.75, 3.05) is 6.54 Å². The number of carbonyl (C=O) groups excluding carboxylic acids is 3. The molecule has 0 aliphatic rings. The molecular formula is C16H23N3O5. The Bertz CT molecular complexity index is 524. The first-order chi connectivity index (χ1) is 11.5. The van der Waals surface area contributed by atoms with Crippen molar-refractivity contribution in [2.45, 2.75) is 38.0 Å². The number of carbonyl (C=O) groups is 3. The lowest BCUT2D eigenvalue weighted by Gasteiger charge is -2.19. The van der Waals surface area contributed by atoms with Gasteiger partial charge in [0, 0.05) is 6.54 Å². The van der Waals surface area contributed by atoms with Gasteiger partial charge in [0.15, 0.2) is 6.10 Å².